The van der Waals surface area contributed by atoms with Crippen molar-refractivity contribution in [1.82, 2.24) is 0 Å². The van der Waals surface area contributed by atoms with Crippen molar-refractivity contribution in [2.45, 2.75) is 6.92 Å². The van der Waals surface area contributed by atoms with Crippen LogP contribution in [0.5, 0.6) is 5.75 Å². The first-order chi connectivity index (χ1) is 10.1. The molecule has 1 amide bonds. The molecule has 0 aliphatic heterocycles. The van der Waals surface area contributed by atoms with Crippen LogP contribution in [0.4, 0.5) is 5.69 Å². The van der Waals surface area contributed by atoms with Gasteiger partial charge in [-0.3, -0.25) is 4.79 Å². The summed E-state index contributed by atoms with van der Waals surface area (Å²) in [5.41, 5.74) is 2.20. The van der Waals surface area contributed by atoms with E-state index >= 15 is 0 Å². The van der Waals surface area contributed by atoms with E-state index in [-0.39, 0.29) is 12.5 Å². The van der Waals surface area contributed by atoms with Crippen LogP contribution in [-0.2, 0) is 0 Å². The molecule has 1 aromatic heterocycles. The Morgan fingerprint density at radius 1 is 1.43 bits per heavy atom. The molecule has 1 aromatic carbocycles. The number of anilines is 1. The molecule has 0 atom stereocenters. The van der Waals surface area contributed by atoms with E-state index in [0.717, 1.165) is 10.4 Å². The predicted molar refractivity (Wildman–Crippen MR) is 84.0 cm³/mol. The minimum Gasteiger partial charge on any atom is -0.495 e. The minimum atomic E-state index is -0.216. The lowest BCUT2D eigenvalue weighted by Gasteiger charge is -2.10. The van der Waals surface area contributed by atoms with Gasteiger partial charge in [0.05, 0.1) is 23.2 Å². The molecular weight excluding hydrogens is 286 g/mol. The van der Waals surface area contributed by atoms with Gasteiger partial charge in [0.2, 0.25) is 0 Å². The lowest BCUT2D eigenvalue weighted by molar-refractivity contribution is 0.102. The molecule has 2 aromatic rings. The molecule has 0 radical (unpaired) electrons. The zero-order valence-electron chi connectivity index (χ0n) is 11.8. The van der Waals surface area contributed by atoms with Crippen molar-refractivity contribution in [3.05, 3.63) is 45.6 Å². The quantitative estimate of drug-likeness (QED) is 0.857. The Kier molecular flexibility index (Phi) is 4.99. The fraction of sp³-hybridized carbons (Fsp3) is 0.188. The predicted octanol–water partition coefficient (Wildman–Crippen LogP) is 2.66. The number of nitrogens with one attached hydrogen (secondary N) is 1. The number of aliphatic hydroxyl groups excluding tert-OH is 1. The number of carbonyl (C=O) groups excluding carboxylic acids is 1. The van der Waals surface area contributed by atoms with Gasteiger partial charge >= 0.3 is 0 Å². The smallest absolute Gasteiger partial charge is 0.256 e. The van der Waals surface area contributed by atoms with Crippen LogP contribution in [0.15, 0.2) is 29.6 Å². The summed E-state index contributed by atoms with van der Waals surface area (Å²) in [5.74, 6) is 5.74. The molecule has 108 valence electrons. The van der Waals surface area contributed by atoms with Gasteiger partial charge in [0.25, 0.3) is 5.91 Å². The highest BCUT2D eigenvalue weighted by atomic mass is 32.1. The maximum absolute atomic E-state index is 12.2. The number of hydrogen-bond acceptors (Lipinski definition) is 4. The largest absolute Gasteiger partial charge is 0.495 e. The summed E-state index contributed by atoms with van der Waals surface area (Å²) in [7, 11) is 1.56. The van der Waals surface area contributed by atoms with Crippen LogP contribution in [0.3, 0.4) is 0 Å². The number of ether oxygens (including phenoxy) is 1. The van der Waals surface area contributed by atoms with Crippen LogP contribution in [0.25, 0.3) is 0 Å². The van der Waals surface area contributed by atoms with E-state index in [1.165, 1.54) is 11.3 Å². The summed E-state index contributed by atoms with van der Waals surface area (Å²) in [6, 6.07) is 7.29. The van der Waals surface area contributed by atoms with E-state index in [4.69, 9.17) is 9.84 Å². The van der Waals surface area contributed by atoms with Crippen LogP contribution < -0.4 is 10.1 Å². The SMILES string of the molecule is COc1ccc(C)cc1NC(=O)c1csc(C#CCO)c1. The summed E-state index contributed by atoms with van der Waals surface area (Å²) in [6.45, 7) is 1.75. The Hall–Kier alpha value is -2.29. The molecule has 0 aliphatic rings. The van der Waals surface area contributed by atoms with Gasteiger partial charge in [-0.2, -0.15) is 0 Å². The summed E-state index contributed by atoms with van der Waals surface area (Å²) in [4.78, 5) is 13.0. The Bertz CT molecular complexity index is 710. The Morgan fingerprint density at radius 2 is 2.24 bits per heavy atom. The van der Waals surface area contributed by atoms with Crippen molar-refractivity contribution in [3.63, 3.8) is 0 Å². The van der Waals surface area contributed by atoms with E-state index in [2.05, 4.69) is 17.2 Å². The van der Waals surface area contributed by atoms with Gasteiger partial charge in [0.1, 0.15) is 12.4 Å². The second kappa shape index (κ2) is 6.93. The van der Waals surface area contributed by atoms with Crippen molar-refractivity contribution in [1.29, 1.82) is 0 Å². The van der Waals surface area contributed by atoms with Crippen LogP contribution in [0.1, 0.15) is 20.8 Å². The van der Waals surface area contributed by atoms with Gasteiger partial charge in [0, 0.05) is 5.38 Å². The average molecular weight is 301 g/mol. The molecule has 0 fully saturated rings. The third-order valence-corrected chi connectivity index (χ3v) is 3.60. The molecule has 0 saturated heterocycles. The lowest BCUT2D eigenvalue weighted by Crippen LogP contribution is -2.11. The van der Waals surface area contributed by atoms with Crippen molar-refractivity contribution in [2.24, 2.45) is 0 Å². The number of rotatable bonds is 3. The molecule has 2 N–H and O–H groups in total. The number of methoxy groups -OCH3 is 1. The standard InChI is InChI=1S/C16H15NO3S/c1-11-5-6-15(20-2)14(8-11)17-16(19)12-9-13(21-10-12)4-3-7-18/h5-6,8-10,18H,7H2,1-2H3,(H,17,19). The van der Waals surface area contributed by atoms with E-state index in [0.29, 0.717) is 17.0 Å². The number of thiophene rings is 1. The first kappa shape index (κ1) is 15.1. The van der Waals surface area contributed by atoms with Gasteiger partial charge in [-0.25, -0.2) is 0 Å². The number of aliphatic hydroxyl groups is 1. The molecule has 4 nitrogen and oxygen atoms in total. The maximum Gasteiger partial charge on any atom is 0.256 e. The number of carbonyl (C=O) groups is 1. The number of hydrogen-bond donors (Lipinski definition) is 2. The highest BCUT2D eigenvalue weighted by Gasteiger charge is 2.11. The first-order valence-corrected chi connectivity index (χ1v) is 7.16. The second-order valence-electron chi connectivity index (χ2n) is 4.32. The molecule has 5 heteroatoms. The van der Waals surface area contributed by atoms with Gasteiger partial charge in [-0.1, -0.05) is 17.9 Å². The normalized spacial score (nSPS) is 9.67. The maximum atomic E-state index is 12.2. The van der Waals surface area contributed by atoms with Gasteiger partial charge < -0.3 is 15.2 Å². The summed E-state index contributed by atoms with van der Waals surface area (Å²) >= 11 is 1.36. The zero-order valence-corrected chi connectivity index (χ0v) is 12.6. The third-order valence-electron chi connectivity index (χ3n) is 2.76. The summed E-state index contributed by atoms with van der Waals surface area (Å²) in [6.07, 6.45) is 0. The van der Waals surface area contributed by atoms with E-state index in [1.54, 1.807) is 18.6 Å². The lowest BCUT2D eigenvalue weighted by atomic mass is 10.2. The minimum absolute atomic E-state index is 0.195. The summed E-state index contributed by atoms with van der Waals surface area (Å²) < 4.78 is 5.23. The van der Waals surface area contributed by atoms with Crippen LogP contribution in [-0.4, -0.2) is 24.7 Å². The molecule has 0 bridgehead atoms. The molecule has 0 saturated carbocycles. The van der Waals surface area contributed by atoms with Gasteiger partial charge in [-0.05, 0) is 30.7 Å². The highest BCUT2D eigenvalue weighted by molar-refractivity contribution is 7.10. The average Bonchev–Trinajstić information content (AvgIpc) is 2.94. The molecule has 0 aliphatic carbocycles. The van der Waals surface area contributed by atoms with Gasteiger partial charge in [0.15, 0.2) is 0 Å². The van der Waals surface area contributed by atoms with Crippen LogP contribution in [0.2, 0.25) is 0 Å². The molecule has 1 heterocycles. The van der Waals surface area contributed by atoms with Crippen LogP contribution >= 0.6 is 11.3 Å². The zero-order chi connectivity index (χ0) is 15.2. The topological polar surface area (TPSA) is 58.6 Å². The van der Waals surface area contributed by atoms with Crippen molar-refractivity contribution < 1.29 is 14.6 Å². The second-order valence-corrected chi connectivity index (χ2v) is 5.23. The van der Waals surface area contributed by atoms with Gasteiger partial charge in [-0.15, -0.1) is 11.3 Å². The molecular formula is C16H15NO3S. The van der Waals surface area contributed by atoms with Crippen molar-refractivity contribution in [3.8, 4) is 17.6 Å². The van der Waals surface area contributed by atoms with E-state index in [1.807, 2.05) is 25.1 Å². The Labute approximate surface area is 127 Å². The fourth-order valence-electron chi connectivity index (χ4n) is 1.76. The number of benzene rings is 1. The van der Waals surface area contributed by atoms with E-state index in [9.17, 15) is 4.79 Å². The highest BCUT2D eigenvalue weighted by Crippen LogP contribution is 2.26. The third kappa shape index (κ3) is 3.85. The molecule has 2 rings (SSSR count). The first-order valence-electron chi connectivity index (χ1n) is 6.28. The van der Waals surface area contributed by atoms with Crippen LogP contribution in [0, 0.1) is 18.8 Å². The summed E-state index contributed by atoms with van der Waals surface area (Å²) in [5, 5.41) is 13.2. The molecule has 0 unspecified atom stereocenters. The molecule has 0 spiro atoms. The number of amides is 1. The monoisotopic (exact) mass is 301 g/mol. The fourth-order valence-corrected chi connectivity index (χ4v) is 2.52. The van der Waals surface area contributed by atoms with Crippen molar-refractivity contribution >= 4 is 22.9 Å². The Balaban J connectivity index is 2.18. The Morgan fingerprint density at radius 3 is 2.95 bits per heavy atom. The van der Waals surface area contributed by atoms with E-state index < -0.39 is 0 Å². The number of aryl methyl sites for hydroxylation is 1. The molecule has 21 heavy (non-hydrogen) atoms. The van der Waals surface area contributed by atoms with Crippen molar-refractivity contribution in [2.75, 3.05) is 19.0 Å².